The highest BCUT2D eigenvalue weighted by Gasteiger charge is 2.50. The summed E-state index contributed by atoms with van der Waals surface area (Å²) in [4.78, 5) is 46.7. The number of benzene rings is 2. The molecule has 0 aliphatic carbocycles. The number of hydrogen-bond acceptors (Lipinski definition) is 13. The van der Waals surface area contributed by atoms with Crippen LogP contribution in [0.1, 0.15) is 85.2 Å². The Hall–Kier alpha value is -4.92. The molecule has 3 heterocycles. The van der Waals surface area contributed by atoms with Gasteiger partial charge in [0, 0.05) is 72.9 Å². The number of ether oxygens (including phenoxy) is 5. The van der Waals surface area contributed by atoms with Crippen LogP contribution in [-0.4, -0.2) is 92.6 Å². The van der Waals surface area contributed by atoms with Crippen LogP contribution in [0.4, 0.5) is 0 Å². The zero-order chi connectivity index (χ0) is 42.5. The van der Waals surface area contributed by atoms with E-state index in [4.69, 9.17) is 23.7 Å². The number of esters is 1. The number of fused-ring (bicyclic) bond motifs is 1. The lowest BCUT2D eigenvalue weighted by Gasteiger charge is -2.38. The van der Waals surface area contributed by atoms with Gasteiger partial charge in [-0.25, -0.2) is 4.99 Å². The van der Waals surface area contributed by atoms with Crippen molar-refractivity contribution >= 4 is 34.6 Å². The van der Waals surface area contributed by atoms with Gasteiger partial charge in [-0.1, -0.05) is 45.9 Å². The lowest BCUT2D eigenvalue weighted by molar-refractivity contribution is -0.160. The van der Waals surface area contributed by atoms with Crippen molar-refractivity contribution in [1.29, 1.82) is 0 Å². The molecule has 4 bridgehead atoms. The number of aromatic hydroxyl groups is 2. The Bertz CT molecular complexity index is 2170. The van der Waals surface area contributed by atoms with Gasteiger partial charge >= 0.3 is 11.8 Å². The Kier molecular flexibility index (Phi) is 12.2. The predicted octanol–water partition coefficient (Wildman–Crippen LogP) is 4.44. The van der Waals surface area contributed by atoms with Crippen molar-refractivity contribution in [2.45, 2.75) is 112 Å². The van der Waals surface area contributed by atoms with Crippen molar-refractivity contribution in [2.24, 2.45) is 28.7 Å². The molecule has 1 amide bonds. The molecular weight excluding hydrogens is 736 g/mol. The fourth-order valence-electron chi connectivity index (χ4n) is 7.66. The van der Waals surface area contributed by atoms with E-state index in [2.05, 4.69) is 4.99 Å². The molecule has 3 aliphatic heterocycles. The molecule has 4 N–H and O–H groups in total. The highest BCUT2D eigenvalue weighted by molar-refractivity contribution is 6.20. The molecular formula is C43H56N2O12. The van der Waals surface area contributed by atoms with Gasteiger partial charge in [0.25, 0.3) is 11.7 Å². The van der Waals surface area contributed by atoms with Crippen molar-refractivity contribution in [3.05, 3.63) is 57.8 Å². The third kappa shape index (κ3) is 7.99. The number of ketones is 1. The summed E-state index contributed by atoms with van der Waals surface area (Å²) < 4.78 is 30.1. The number of allylic oxidation sites excluding steroid dienone is 2. The minimum Gasteiger partial charge on any atom is -0.507 e. The van der Waals surface area contributed by atoms with E-state index in [0.29, 0.717) is 0 Å². The van der Waals surface area contributed by atoms with Crippen LogP contribution >= 0.6 is 0 Å². The fourth-order valence-corrected chi connectivity index (χ4v) is 7.66. The Labute approximate surface area is 332 Å². The first kappa shape index (κ1) is 43.2. The molecule has 14 nitrogen and oxygen atoms in total. The smallest absolute Gasteiger partial charge is 0.312 e. The SMILES string of the molecule is CO[C@H]1/C=C/O[C@@]2(C)Oc3c(C)c(O)c4c(O)c(c5c(c4c3C2=O)OCN(C(C)(C)C)C=5)=NC(=O)/C(C)=C\C=C\[C@H](C)[C@H](O)[C@@H](C)[C@@H](O)[C@@H](C)[C@H](OC(C)=O)[C@@H]1C. The van der Waals surface area contributed by atoms with Gasteiger partial charge in [0.2, 0.25) is 0 Å². The maximum Gasteiger partial charge on any atom is 0.312 e. The average Bonchev–Trinajstić information content (AvgIpc) is 3.42. The van der Waals surface area contributed by atoms with E-state index in [9.17, 15) is 34.8 Å². The van der Waals surface area contributed by atoms with Crippen LogP contribution in [0.5, 0.6) is 23.0 Å². The number of methoxy groups -OCH3 is 1. The molecule has 57 heavy (non-hydrogen) atoms. The van der Waals surface area contributed by atoms with Crippen LogP contribution in [-0.2, 0) is 23.8 Å². The summed E-state index contributed by atoms with van der Waals surface area (Å²) in [5, 5.41) is 46.4. The van der Waals surface area contributed by atoms with Crippen LogP contribution in [0.3, 0.4) is 0 Å². The second-order valence-corrected chi connectivity index (χ2v) is 16.6. The van der Waals surface area contributed by atoms with Gasteiger partial charge in [-0.2, -0.15) is 0 Å². The topological polar surface area (TPSA) is 194 Å². The number of aliphatic hydroxyl groups excluding tert-OH is 2. The van der Waals surface area contributed by atoms with E-state index >= 15 is 0 Å². The highest BCUT2D eigenvalue weighted by Crippen LogP contribution is 2.51. The Morgan fingerprint density at radius 2 is 1.63 bits per heavy atom. The van der Waals surface area contributed by atoms with Crippen LogP contribution in [0.15, 0.2) is 41.1 Å². The first-order valence-corrected chi connectivity index (χ1v) is 19.1. The Morgan fingerprint density at radius 3 is 2.25 bits per heavy atom. The van der Waals surface area contributed by atoms with E-state index in [1.807, 2.05) is 25.7 Å². The molecule has 0 spiro atoms. The van der Waals surface area contributed by atoms with Crippen LogP contribution in [0, 0.1) is 30.6 Å². The maximum absolute atomic E-state index is 14.5. The molecule has 0 unspecified atom stereocenters. The molecule has 0 radical (unpaired) electrons. The minimum absolute atomic E-state index is 0.00581. The third-order valence-corrected chi connectivity index (χ3v) is 11.4. The lowest BCUT2D eigenvalue weighted by atomic mass is 9.78. The van der Waals surface area contributed by atoms with Gasteiger partial charge in [-0.15, -0.1) is 0 Å². The van der Waals surface area contributed by atoms with Crippen molar-refractivity contribution < 1.29 is 58.5 Å². The number of Topliss-reactive ketones (excluding diaryl/α,β-unsaturated/α-hetero) is 1. The molecule has 0 aromatic heterocycles. The number of phenolic OH excluding ortho intramolecular Hbond substituents is 2. The summed E-state index contributed by atoms with van der Waals surface area (Å²) in [7, 11) is 1.46. The van der Waals surface area contributed by atoms with Gasteiger partial charge in [-0.3, -0.25) is 14.4 Å². The number of rotatable bonds is 2. The predicted molar refractivity (Wildman–Crippen MR) is 211 cm³/mol. The summed E-state index contributed by atoms with van der Waals surface area (Å²) in [5.41, 5.74) is -0.161. The number of amides is 1. The zero-order valence-corrected chi connectivity index (χ0v) is 34.7. The van der Waals surface area contributed by atoms with Gasteiger partial charge in [0.1, 0.15) is 28.7 Å². The van der Waals surface area contributed by atoms with Crippen molar-refractivity contribution in [1.82, 2.24) is 4.90 Å². The standard InChI is InChI=1S/C43H56N2O12/c1-20-14-13-15-21(2)41(52)44-32-27-18-45(42(8,9)10)19-54-39(27)29-30(36(32)50)35(49)25(6)38-31(29)40(51)43(11,57-38)55-17-16-28(53-12)22(3)37(56-26(7)46)24(5)34(48)23(4)33(20)47/h13-18,20,22-24,28,33-34,37,47-50H,19H2,1-12H3/b14-13+,17-16+,21-15-,44-32?/t20-,22+,23+,24+,28-,33-,34+,37+,43-/m0/s1. The van der Waals surface area contributed by atoms with E-state index in [1.165, 1.54) is 46.3 Å². The molecule has 0 fully saturated rings. The Morgan fingerprint density at radius 1 is 0.965 bits per heavy atom. The average molecular weight is 793 g/mol. The number of phenols is 2. The van der Waals surface area contributed by atoms with Crippen molar-refractivity contribution in [2.75, 3.05) is 13.8 Å². The van der Waals surface area contributed by atoms with E-state index in [-0.39, 0.29) is 56.3 Å². The summed E-state index contributed by atoms with van der Waals surface area (Å²) in [6.45, 7) is 18.6. The largest absolute Gasteiger partial charge is 0.507 e. The summed E-state index contributed by atoms with van der Waals surface area (Å²) in [5.74, 6) is -7.12. The van der Waals surface area contributed by atoms with Gasteiger partial charge in [0.15, 0.2) is 12.5 Å². The van der Waals surface area contributed by atoms with Crippen LogP contribution < -0.4 is 20.0 Å². The molecule has 3 aliphatic rings. The molecule has 0 saturated heterocycles. The molecule has 2 aromatic rings. The van der Waals surface area contributed by atoms with Gasteiger partial charge < -0.3 is 49.0 Å². The number of carbonyl (C=O) groups excluding carboxylic acids is 3. The van der Waals surface area contributed by atoms with E-state index in [1.54, 1.807) is 53.0 Å². The quantitative estimate of drug-likeness (QED) is 0.312. The first-order chi connectivity index (χ1) is 26.5. The fraction of sp³-hybridized carbons (Fsp3) is 0.535. The summed E-state index contributed by atoms with van der Waals surface area (Å²) in [6, 6.07) is 0. The third-order valence-electron chi connectivity index (χ3n) is 11.4. The van der Waals surface area contributed by atoms with E-state index in [0.717, 1.165) is 0 Å². The lowest BCUT2D eigenvalue weighted by Crippen LogP contribution is -2.46. The Balaban J connectivity index is 1.78. The van der Waals surface area contributed by atoms with Crippen molar-refractivity contribution in [3.8, 4) is 23.0 Å². The van der Waals surface area contributed by atoms with Crippen LogP contribution in [0.25, 0.3) is 17.0 Å². The molecule has 2 aromatic carbocycles. The second kappa shape index (κ2) is 16.1. The summed E-state index contributed by atoms with van der Waals surface area (Å²) in [6.07, 6.45) is 5.49. The monoisotopic (exact) mass is 792 g/mol. The summed E-state index contributed by atoms with van der Waals surface area (Å²) >= 11 is 0. The molecule has 14 heteroatoms. The van der Waals surface area contributed by atoms with Crippen molar-refractivity contribution in [3.63, 3.8) is 0 Å². The second-order valence-electron chi connectivity index (χ2n) is 16.6. The molecule has 5 rings (SSSR count). The minimum atomic E-state index is -1.96. The number of hydrogen-bond donors (Lipinski definition) is 4. The van der Waals surface area contributed by atoms with Crippen LogP contribution in [0.2, 0.25) is 0 Å². The van der Waals surface area contributed by atoms with Gasteiger partial charge in [0.05, 0.1) is 40.7 Å². The molecule has 310 valence electrons. The number of nitrogens with zero attached hydrogens (tertiary/aromatic N) is 2. The van der Waals surface area contributed by atoms with Gasteiger partial charge in [-0.05, 0) is 40.7 Å². The molecule has 0 saturated carbocycles. The highest BCUT2D eigenvalue weighted by atomic mass is 16.7. The normalized spacial score (nSPS) is 31.9. The maximum atomic E-state index is 14.5. The van der Waals surface area contributed by atoms with E-state index < -0.39 is 88.6 Å². The number of aliphatic hydroxyl groups is 2. The first-order valence-electron chi connectivity index (χ1n) is 19.1. The zero-order valence-electron chi connectivity index (χ0n) is 34.7. The number of carbonyl (C=O) groups is 3. The molecule has 9 atom stereocenters.